The summed E-state index contributed by atoms with van der Waals surface area (Å²) in [4.78, 5) is 12.6. The standard InChI is InChI=1S/C21H30N4O3S/c1-4-6-13-23-19-12-11-18(29(22,27)28)14-20(19)24-15(3)21(26)25-17-9-7-16(5-2)8-10-17/h7-12,14-15,23-24H,4-6,13H2,1-3H3,(H,25,26)(H2,22,27,28). The molecule has 0 saturated carbocycles. The number of unbranched alkanes of at least 4 members (excludes halogenated alkanes) is 1. The largest absolute Gasteiger partial charge is 0.383 e. The number of nitrogens with one attached hydrogen (secondary N) is 3. The van der Waals surface area contributed by atoms with Crippen LogP contribution in [0.15, 0.2) is 47.4 Å². The summed E-state index contributed by atoms with van der Waals surface area (Å²) in [7, 11) is -3.85. The number of primary sulfonamides is 1. The molecule has 0 heterocycles. The Kier molecular flexibility index (Phi) is 8.04. The molecule has 1 unspecified atom stereocenters. The van der Waals surface area contributed by atoms with Crippen molar-refractivity contribution in [3.05, 3.63) is 48.0 Å². The molecule has 158 valence electrons. The Morgan fingerprint density at radius 3 is 2.34 bits per heavy atom. The van der Waals surface area contributed by atoms with Crippen molar-refractivity contribution < 1.29 is 13.2 Å². The monoisotopic (exact) mass is 418 g/mol. The lowest BCUT2D eigenvalue weighted by Crippen LogP contribution is -2.32. The Morgan fingerprint density at radius 2 is 1.76 bits per heavy atom. The van der Waals surface area contributed by atoms with Gasteiger partial charge in [0.05, 0.1) is 16.3 Å². The molecule has 2 rings (SSSR count). The van der Waals surface area contributed by atoms with Crippen molar-refractivity contribution in [1.82, 2.24) is 0 Å². The molecule has 0 aromatic heterocycles. The van der Waals surface area contributed by atoms with E-state index in [1.165, 1.54) is 17.7 Å². The van der Waals surface area contributed by atoms with Crippen LogP contribution in [0.4, 0.5) is 17.1 Å². The lowest BCUT2D eigenvalue weighted by molar-refractivity contribution is -0.116. The second kappa shape index (κ2) is 10.3. The molecule has 0 radical (unpaired) electrons. The van der Waals surface area contributed by atoms with Gasteiger partial charge >= 0.3 is 0 Å². The maximum absolute atomic E-state index is 12.6. The molecule has 5 N–H and O–H groups in total. The molecule has 2 aromatic rings. The summed E-state index contributed by atoms with van der Waals surface area (Å²) < 4.78 is 23.4. The van der Waals surface area contributed by atoms with Crippen molar-refractivity contribution in [2.45, 2.75) is 51.0 Å². The molecule has 2 aromatic carbocycles. The Hall–Kier alpha value is -2.58. The number of aryl methyl sites for hydroxylation is 1. The maximum Gasteiger partial charge on any atom is 0.246 e. The van der Waals surface area contributed by atoms with Crippen LogP contribution in [0.1, 0.15) is 39.2 Å². The van der Waals surface area contributed by atoms with Crippen LogP contribution in [0.3, 0.4) is 0 Å². The molecule has 0 fully saturated rings. The van der Waals surface area contributed by atoms with Gasteiger partial charge in [0.1, 0.15) is 6.04 Å². The Morgan fingerprint density at radius 1 is 1.07 bits per heavy atom. The third kappa shape index (κ3) is 6.76. The highest BCUT2D eigenvalue weighted by Gasteiger charge is 2.17. The second-order valence-corrected chi connectivity index (χ2v) is 8.50. The van der Waals surface area contributed by atoms with Crippen LogP contribution >= 0.6 is 0 Å². The van der Waals surface area contributed by atoms with E-state index in [2.05, 4.69) is 29.8 Å². The first kappa shape index (κ1) is 22.7. The molecule has 0 spiro atoms. The lowest BCUT2D eigenvalue weighted by Gasteiger charge is -2.19. The summed E-state index contributed by atoms with van der Waals surface area (Å²) in [6, 6.07) is 11.6. The first-order valence-electron chi connectivity index (χ1n) is 9.81. The van der Waals surface area contributed by atoms with Gasteiger partial charge < -0.3 is 16.0 Å². The molecule has 1 amide bonds. The molecule has 0 aliphatic rings. The Labute approximate surface area is 173 Å². The molecule has 8 heteroatoms. The van der Waals surface area contributed by atoms with E-state index < -0.39 is 16.1 Å². The summed E-state index contributed by atoms with van der Waals surface area (Å²) in [5.74, 6) is -0.227. The second-order valence-electron chi connectivity index (χ2n) is 6.94. The van der Waals surface area contributed by atoms with Crippen LogP contribution in [-0.2, 0) is 21.2 Å². The molecule has 7 nitrogen and oxygen atoms in total. The number of amides is 1. The molecular formula is C21H30N4O3S. The summed E-state index contributed by atoms with van der Waals surface area (Å²) >= 11 is 0. The SMILES string of the molecule is CCCCNc1ccc(S(N)(=O)=O)cc1NC(C)C(=O)Nc1ccc(CC)cc1. The molecular weight excluding hydrogens is 388 g/mol. The lowest BCUT2D eigenvalue weighted by atomic mass is 10.1. The molecule has 0 bridgehead atoms. The number of sulfonamides is 1. The predicted octanol–water partition coefficient (Wildman–Crippen LogP) is 3.55. The van der Waals surface area contributed by atoms with Gasteiger partial charge in [0.15, 0.2) is 0 Å². The normalized spacial score (nSPS) is 12.3. The number of carbonyl (C=O) groups excluding carboxylic acids is 1. The van der Waals surface area contributed by atoms with Crippen LogP contribution in [0.2, 0.25) is 0 Å². The van der Waals surface area contributed by atoms with Gasteiger partial charge in [0, 0.05) is 12.2 Å². The fourth-order valence-electron chi connectivity index (χ4n) is 2.75. The fraction of sp³-hybridized carbons (Fsp3) is 0.381. The van der Waals surface area contributed by atoms with E-state index in [9.17, 15) is 13.2 Å². The predicted molar refractivity (Wildman–Crippen MR) is 119 cm³/mol. The number of nitrogens with two attached hydrogens (primary N) is 1. The van der Waals surface area contributed by atoms with E-state index in [-0.39, 0.29) is 10.8 Å². The van der Waals surface area contributed by atoms with Crippen LogP contribution < -0.4 is 21.1 Å². The fourth-order valence-corrected chi connectivity index (χ4v) is 3.29. The van der Waals surface area contributed by atoms with E-state index in [1.807, 2.05) is 24.3 Å². The summed E-state index contributed by atoms with van der Waals surface area (Å²) in [6.07, 6.45) is 2.93. The van der Waals surface area contributed by atoms with E-state index >= 15 is 0 Å². The third-order valence-electron chi connectivity index (χ3n) is 4.56. The van der Waals surface area contributed by atoms with E-state index in [4.69, 9.17) is 5.14 Å². The minimum atomic E-state index is -3.85. The van der Waals surface area contributed by atoms with Gasteiger partial charge in [0.25, 0.3) is 0 Å². The van der Waals surface area contributed by atoms with Crippen molar-refractivity contribution in [3.63, 3.8) is 0 Å². The minimum Gasteiger partial charge on any atom is -0.383 e. The molecule has 29 heavy (non-hydrogen) atoms. The average Bonchev–Trinajstić information content (AvgIpc) is 2.69. The highest BCUT2D eigenvalue weighted by molar-refractivity contribution is 7.89. The zero-order valence-electron chi connectivity index (χ0n) is 17.2. The van der Waals surface area contributed by atoms with E-state index in [0.29, 0.717) is 11.4 Å². The zero-order chi connectivity index (χ0) is 21.4. The third-order valence-corrected chi connectivity index (χ3v) is 5.47. The summed E-state index contributed by atoms with van der Waals surface area (Å²) in [6.45, 7) is 6.62. The van der Waals surface area contributed by atoms with Gasteiger partial charge in [-0.2, -0.15) is 0 Å². The number of hydrogen-bond donors (Lipinski definition) is 4. The number of hydrogen-bond acceptors (Lipinski definition) is 5. The van der Waals surface area contributed by atoms with Gasteiger partial charge in [-0.05, 0) is 55.7 Å². The smallest absolute Gasteiger partial charge is 0.246 e. The quantitative estimate of drug-likeness (QED) is 0.441. The van der Waals surface area contributed by atoms with Crippen LogP contribution in [0.25, 0.3) is 0 Å². The summed E-state index contributed by atoms with van der Waals surface area (Å²) in [5.41, 5.74) is 3.13. The van der Waals surface area contributed by atoms with Gasteiger partial charge in [-0.25, -0.2) is 13.6 Å². The van der Waals surface area contributed by atoms with Gasteiger partial charge in [-0.1, -0.05) is 32.4 Å². The van der Waals surface area contributed by atoms with Crippen LogP contribution in [-0.4, -0.2) is 26.9 Å². The first-order chi connectivity index (χ1) is 13.7. The van der Waals surface area contributed by atoms with Crippen molar-refractivity contribution in [2.75, 3.05) is 22.5 Å². The van der Waals surface area contributed by atoms with E-state index in [1.54, 1.807) is 13.0 Å². The first-order valence-corrected chi connectivity index (χ1v) is 11.4. The Balaban J connectivity index is 2.16. The number of benzene rings is 2. The van der Waals surface area contributed by atoms with Gasteiger partial charge in [-0.15, -0.1) is 0 Å². The van der Waals surface area contributed by atoms with Crippen LogP contribution in [0.5, 0.6) is 0 Å². The minimum absolute atomic E-state index is 0.0104. The van der Waals surface area contributed by atoms with Crippen molar-refractivity contribution in [2.24, 2.45) is 5.14 Å². The number of carbonyl (C=O) groups is 1. The van der Waals surface area contributed by atoms with Crippen molar-refractivity contribution in [1.29, 1.82) is 0 Å². The maximum atomic E-state index is 12.6. The van der Waals surface area contributed by atoms with Gasteiger partial charge in [0.2, 0.25) is 15.9 Å². The highest BCUT2D eigenvalue weighted by atomic mass is 32.2. The summed E-state index contributed by atoms with van der Waals surface area (Å²) in [5, 5.41) is 14.5. The zero-order valence-corrected chi connectivity index (χ0v) is 18.0. The number of anilines is 3. The van der Waals surface area contributed by atoms with Crippen LogP contribution in [0, 0.1) is 0 Å². The molecule has 0 aliphatic carbocycles. The van der Waals surface area contributed by atoms with Gasteiger partial charge in [-0.3, -0.25) is 4.79 Å². The van der Waals surface area contributed by atoms with Crippen molar-refractivity contribution >= 4 is 33.0 Å². The average molecular weight is 419 g/mol. The molecule has 0 saturated heterocycles. The van der Waals surface area contributed by atoms with Crippen molar-refractivity contribution in [3.8, 4) is 0 Å². The topological polar surface area (TPSA) is 113 Å². The molecule has 1 atom stereocenters. The molecule has 0 aliphatic heterocycles. The Bertz CT molecular complexity index is 927. The number of rotatable bonds is 10. The highest BCUT2D eigenvalue weighted by Crippen LogP contribution is 2.26. The van der Waals surface area contributed by atoms with E-state index in [0.717, 1.165) is 31.5 Å².